The monoisotopic (exact) mass is 406 g/mol. The van der Waals surface area contributed by atoms with Crippen LogP contribution in [0, 0.1) is 10.1 Å². The van der Waals surface area contributed by atoms with Crippen LogP contribution >= 0.6 is 0 Å². The third-order valence-corrected chi connectivity index (χ3v) is 4.82. The van der Waals surface area contributed by atoms with Crippen LogP contribution in [0.25, 0.3) is 0 Å². The zero-order valence-corrected chi connectivity index (χ0v) is 15.5. The molecule has 150 valence electrons. The van der Waals surface area contributed by atoms with Crippen molar-refractivity contribution in [1.82, 2.24) is 0 Å². The summed E-state index contributed by atoms with van der Waals surface area (Å²) in [6.45, 7) is 0. The number of nitro benzene ring substituents is 1. The number of phenols is 2. The fraction of sp³-hybridized carbons (Fsp3) is 0.0476. The fourth-order valence-electron chi connectivity index (χ4n) is 3.43. The molecule has 0 saturated heterocycles. The molecule has 0 aromatic heterocycles. The number of aromatic hydroxyl groups is 2. The predicted octanol–water partition coefficient (Wildman–Crippen LogP) is 3.53. The first kappa shape index (κ1) is 18.9. The van der Waals surface area contributed by atoms with Crippen molar-refractivity contribution in [2.24, 2.45) is 0 Å². The van der Waals surface area contributed by atoms with Gasteiger partial charge >= 0.3 is 0 Å². The van der Waals surface area contributed by atoms with Gasteiger partial charge in [0.1, 0.15) is 22.8 Å². The number of anilines is 2. The van der Waals surface area contributed by atoms with Crippen LogP contribution in [0.1, 0.15) is 31.8 Å². The molecule has 0 bridgehead atoms. The first-order valence-electron chi connectivity index (χ1n) is 8.70. The number of ketones is 2. The van der Waals surface area contributed by atoms with E-state index in [-0.39, 0.29) is 16.8 Å². The summed E-state index contributed by atoms with van der Waals surface area (Å²) in [5.41, 5.74) is -1.43. The minimum Gasteiger partial charge on any atom is -0.507 e. The summed E-state index contributed by atoms with van der Waals surface area (Å²) in [7, 11) is 1.52. The molecule has 1 aliphatic carbocycles. The topological polar surface area (TPSA) is 139 Å². The molecule has 0 aliphatic heterocycles. The highest BCUT2D eigenvalue weighted by molar-refractivity contribution is 6.33. The SMILES string of the molecule is COc1ccc(Nc2ccc(O)c3c2C(=O)c2c([N+](=O)[O-])ccc(O)c2C3=O)cc1. The average molecular weight is 406 g/mol. The van der Waals surface area contributed by atoms with Gasteiger partial charge in [0, 0.05) is 11.8 Å². The highest BCUT2D eigenvalue weighted by Gasteiger charge is 2.40. The highest BCUT2D eigenvalue weighted by atomic mass is 16.6. The van der Waals surface area contributed by atoms with E-state index in [2.05, 4.69) is 5.32 Å². The van der Waals surface area contributed by atoms with E-state index in [1.165, 1.54) is 19.2 Å². The van der Waals surface area contributed by atoms with Crippen LogP contribution in [0.2, 0.25) is 0 Å². The quantitative estimate of drug-likeness (QED) is 0.266. The van der Waals surface area contributed by atoms with E-state index < -0.39 is 44.8 Å². The summed E-state index contributed by atoms with van der Waals surface area (Å²) >= 11 is 0. The molecule has 0 spiro atoms. The van der Waals surface area contributed by atoms with Gasteiger partial charge in [-0.15, -0.1) is 0 Å². The Morgan fingerprint density at radius 2 is 1.40 bits per heavy atom. The summed E-state index contributed by atoms with van der Waals surface area (Å²) in [6, 6.07) is 11.3. The van der Waals surface area contributed by atoms with E-state index in [1.54, 1.807) is 24.3 Å². The molecule has 4 rings (SSSR count). The summed E-state index contributed by atoms with van der Waals surface area (Å²) in [4.78, 5) is 36.9. The molecule has 0 radical (unpaired) electrons. The standard InChI is InChI=1S/C21H14N2O7/c1-30-11-4-2-10(3-5-11)22-12-6-8-14(24)18-16(12)20(26)17-13(23(28)29)7-9-15(25)19(17)21(18)27/h2-9,22,24-25H,1H3. The number of nitrogens with zero attached hydrogens (tertiary/aromatic N) is 1. The zero-order chi connectivity index (χ0) is 21.6. The molecule has 3 aromatic rings. The van der Waals surface area contributed by atoms with Gasteiger partial charge in [-0.25, -0.2) is 0 Å². The number of benzene rings is 3. The summed E-state index contributed by atoms with van der Waals surface area (Å²) in [6.07, 6.45) is 0. The predicted molar refractivity (Wildman–Crippen MR) is 106 cm³/mol. The largest absolute Gasteiger partial charge is 0.507 e. The summed E-state index contributed by atoms with van der Waals surface area (Å²) < 4.78 is 5.10. The Kier molecular flexibility index (Phi) is 4.35. The maximum Gasteiger partial charge on any atom is 0.281 e. The van der Waals surface area contributed by atoms with Crippen LogP contribution in [0.5, 0.6) is 17.2 Å². The highest BCUT2D eigenvalue weighted by Crippen LogP contribution is 2.43. The fourth-order valence-corrected chi connectivity index (χ4v) is 3.43. The molecular formula is C21H14N2O7. The number of methoxy groups -OCH3 is 1. The van der Waals surface area contributed by atoms with Crippen molar-refractivity contribution in [3.63, 3.8) is 0 Å². The number of rotatable bonds is 4. The summed E-state index contributed by atoms with van der Waals surface area (Å²) in [5, 5.41) is 34.8. The number of hydrogen-bond acceptors (Lipinski definition) is 8. The number of carbonyl (C=O) groups excluding carboxylic acids is 2. The molecule has 1 aliphatic rings. The van der Waals surface area contributed by atoms with Gasteiger partial charge in [0.2, 0.25) is 11.6 Å². The Morgan fingerprint density at radius 1 is 0.833 bits per heavy atom. The Balaban J connectivity index is 1.92. The number of hydrogen-bond donors (Lipinski definition) is 3. The average Bonchev–Trinajstić information content (AvgIpc) is 2.73. The molecule has 0 fully saturated rings. The lowest BCUT2D eigenvalue weighted by Crippen LogP contribution is -2.23. The molecule has 3 N–H and O–H groups in total. The Labute approximate surface area is 169 Å². The lowest BCUT2D eigenvalue weighted by molar-refractivity contribution is -0.385. The second kappa shape index (κ2) is 6.89. The van der Waals surface area contributed by atoms with E-state index in [9.17, 15) is 29.9 Å². The van der Waals surface area contributed by atoms with Crippen molar-refractivity contribution in [1.29, 1.82) is 0 Å². The number of nitrogens with one attached hydrogen (secondary N) is 1. The minimum absolute atomic E-state index is 0.176. The maximum absolute atomic E-state index is 13.3. The van der Waals surface area contributed by atoms with Gasteiger partial charge in [0.25, 0.3) is 5.69 Å². The molecule has 0 heterocycles. The van der Waals surface area contributed by atoms with Gasteiger partial charge in [0.05, 0.1) is 34.4 Å². The van der Waals surface area contributed by atoms with Crippen LogP contribution in [0.4, 0.5) is 17.1 Å². The van der Waals surface area contributed by atoms with Crippen LogP contribution in [-0.4, -0.2) is 33.8 Å². The van der Waals surface area contributed by atoms with Gasteiger partial charge in [-0.3, -0.25) is 19.7 Å². The minimum atomic E-state index is -0.878. The number of phenolic OH excluding ortho intramolecular Hbond substituents is 2. The molecule has 0 amide bonds. The number of carbonyl (C=O) groups is 2. The third kappa shape index (κ3) is 2.80. The molecule has 9 heteroatoms. The van der Waals surface area contributed by atoms with Crippen molar-refractivity contribution < 1.29 is 29.5 Å². The molecule has 0 saturated carbocycles. The van der Waals surface area contributed by atoms with Crippen LogP contribution in [-0.2, 0) is 0 Å². The maximum atomic E-state index is 13.3. The Hall–Kier alpha value is -4.40. The molecular weight excluding hydrogens is 392 g/mol. The Morgan fingerprint density at radius 3 is 2.00 bits per heavy atom. The van der Waals surface area contributed by atoms with Crippen molar-refractivity contribution in [3.8, 4) is 17.2 Å². The van der Waals surface area contributed by atoms with Gasteiger partial charge in [0.15, 0.2) is 0 Å². The van der Waals surface area contributed by atoms with E-state index in [4.69, 9.17) is 4.74 Å². The van der Waals surface area contributed by atoms with Gasteiger partial charge in [-0.2, -0.15) is 0 Å². The number of ether oxygens (including phenoxy) is 1. The number of nitro groups is 1. The first-order chi connectivity index (χ1) is 14.3. The molecule has 30 heavy (non-hydrogen) atoms. The van der Waals surface area contributed by atoms with E-state index in [1.807, 2.05) is 0 Å². The van der Waals surface area contributed by atoms with Gasteiger partial charge < -0.3 is 20.3 Å². The van der Waals surface area contributed by atoms with Crippen molar-refractivity contribution in [3.05, 3.63) is 80.9 Å². The van der Waals surface area contributed by atoms with Crippen LogP contribution in [0.15, 0.2) is 48.5 Å². The van der Waals surface area contributed by atoms with Crippen LogP contribution < -0.4 is 10.1 Å². The summed E-state index contributed by atoms with van der Waals surface area (Å²) in [5.74, 6) is -2.17. The normalized spacial score (nSPS) is 12.2. The lowest BCUT2D eigenvalue weighted by Gasteiger charge is -2.22. The second-order valence-corrected chi connectivity index (χ2v) is 6.50. The van der Waals surface area contributed by atoms with Crippen LogP contribution in [0.3, 0.4) is 0 Å². The molecule has 3 aromatic carbocycles. The zero-order valence-electron chi connectivity index (χ0n) is 15.5. The Bertz CT molecular complexity index is 1230. The molecule has 9 nitrogen and oxygen atoms in total. The second-order valence-electron chi connectivity index (χ2n) is 6.50. The van der Waals surface area contributed by atoms with Gasteiger partial charge in [-0.05, 0) is 42.5 Å². The van der Waals surface area contributed by atoms with Crippen molar-refractivity contribution >= 4 is 28.6 Å². The molecule has 0 atom stereocenters. The van der Waals surface area contributed by atoms with Crippen molar-refractivity contribution in [2.75, 3.05) is 12.4 Å². The lowest BCUT2D eigenvalue weighted by atomic mass is 9.81. The van der Waals surface area contributed by atoms with E-state index in [0.29, 0.717) is 11.4 Å². The van der Waals surface area contributed by atoms with Crippen molar-refractivity contribution in [2.45, 2.75) is 0 Å². The van der Waals surface area contributed by atoms with E-state index in [0.717, 1.165) is 12.1 Å². The number of fused-ring (bicyclic) bond motifs is 2. The smallest absolute Gasteiger partial charge is 0.281 e. The van der Waals surface area contributed by atoms with E-state index >= 15 is 0 Å². The first-order valence-corrected chi connectivity index (χ1v) is 8.70. The third-order valence-electron chi connectivity index (χ3n) is 4.82. The van der Waals surface area contributed by atoms with Gasteiger partial charge in [-0.1, -0.05) is 0 Å². The molecule has 0 unspecified atom stereocenters.